The van der Waals surface area contributed by atoms with Gasteiger partial charge in [0.25, 0.3) is 0 Å². The van der Waals surface area contributed by atoms with E-state index in [2.05, 4.69) is 13.5 Å². The number of hydrogen-bond acceptors (Lipinski definition) is 2. The first kappa shape index (κ1) is 15.0. The predicted molar refractivity (Wildman–Crippen MR) is 50.1 cm³/mol. The standard InChI is InChI=1S/C8H16.F2O2S/c1-3-5-7-8-6-4-2;1-5(2,3)4/h3H,1,4-8H2,2H3;. The Morgan fingerprint density at radius 3 is 2.00 bits per heavy atom. The quantitative estimate of drug-likeness (QED) is 0.399. The van der Waals surface area contributed by atoms with Crippen LogP contribution in [0.3, 0.4) is 0 Å². The maximum absolute atomic E-state index is 9.99. The van der Waals surface area contributed by atoms with E-state index in [1.54, 1.807) is 0 Å². The number of halogens is 2. The SMILES string of the molecule is C=CCCCCCC.O=S(=O)(F)F. The fourth-order valence-corrected chi connectivity index (χ4v) is 0.715. The van der Waals surface area contributed by atoms with Crippen molar-refractivity contribution >= 4 is 10.6 Å². The highest BCUT2D eigenvalue weighted by atomic mass is 32.3. The molecule has 5 heteroatoms. The van der Waals surface area contributed by atoms with Gasteiger partial charge in [-0.05, 0) is 12.8 Å². The van der Waals surface area contributed by atoms with E-state index in [9.17, 15) is 7.77 Å². The van der Waals surface area contributed by atoms with Crippen LogP contribution in [0.25, 0.3) is 0 Å². The second-order valence-corrected chi connectivity index (χ2v) is 3.27. The number of hydrogen-bond donors (Lipinski definition) is 0. The summed E-state index contributed by atoms with van der Waals surface area (Å²) in [5.74, 6) is 0. The van der Waals surface area contributed by atoms with Gasteiger partial charge in [-0.2, -0.15) is 8.42 Å². The Kier molecular flexibility index (Phi) is 11.2. The molecule has 0 saturated carbocycles. The van der Waals surface area contributed by atoms with Gasteiger partial charge in [-0.3, -0.25) is 0 Å². The largest absolute Gasteiger partial charge is 0.476 e. The minimum Gasteiger partial charge on any atom is -0.160 e. The Labute approximate surface area is 79.2 Å². The highest BCUT2D eigenvalue weighted by molar-refractivity contribution is 7.81. The van der Waals surface area contributed by atoms with Crippen LogP contribution in [0, 0.1) is 0 Å². The molecule has 0 rings (SSSR count). The van der Waals surface area contributed by atoms with Crippen LogP contribution in [0.1, 0.15) is 39.0 Å². The Balaban J connectivity index is 0. The molecule has 0 heterocycles. The minimum absolute atomic E-state index is 1.19. The molecule has 80 valence electrons. The smallest absolute Gasteiger partial charge is 0.160 e. The molecule has 0 aromatic carbocycles. The Hall–Kier alpha value is -0.450. The molecular formula is C8H16F2O2S. The maximum Gasteiger partial charge on any atom is 0.476 e. The van der Waals surface area contributed by atoms with Crippen molar-refractivity contribution in [2.45, 2.75) is 39.0 Å². The van der Waals surface area contributed by atoms with E-state index in [0.717, 1.165) is 0 Å². The van der Waals surface area contributed by atoms with Crippen LogP contribution in [0.15, 0.2) is 12.7 Å². The van der Waals surface area contributed by atoms with Crippen LogP contribution in [-0.2, 0) is 10.6 Å². The van der Waals surface area contributed by atoms with E-state index in [1.807, 2.05) is 6.08 Å². The van der Waals surface area contributed by atoms with Gasteiger partial charge in [0.2, 0.25) is 0 Å². The van der Waals surface area contributed by atoms with Crippen molar-refractivity contribution in [2.75, 3.05) is 0 Å². The summed E-state index contributed by atoms with van der Waals surface area (Å²) in [6, 6.07) is 0. The fourth-order valence-electron chi connectivity index (χ4n) is 0.715. The summed E-state index contributed by atoms with van der Waals surface area (Å²) in [7, 11) is -5.67. The van der Waals surface area contributed by atoms with Crippen LogP contribution >= 0.6 is 0 Å². The Morgan fingerprint density at radius 2 is 1.69 bits per heavy atom. The first-order chi connectivity index (χ1) is 5.91. The third-order valence-electron chi connectivity index (χ3n) is 1.26. The lowest BCUT2D eigenvalue weighted by atomic mass is 10.2. The van der Waals surface area contributed by atoms with Crippen molar-refractivity contribution in [2.24, 2.45) is 0 Å². The molecule has 0 atom stereocenters. The summed E-state index contributed by atoms with van der Waals surface area (Å²) < 4.78 is 36.6. The molecule has 0 aliphatic heterocycles. The number of allylic oxidation sites excluding steroid dienone is 1. The second-order valence-electron chi connectivity index (χ2n) is 2.52. The van der Waals surface area contributed by atoms with Crippen molar-refractivity contribution in [1.29, 1.82) is 0 Å². The first-order valence-electron chi connectivity index (χ1n) is 4.17. The zero-order valence-corrected chi connectivity index (χ0v) is 8.62. The van der Waals surface area contributed by atoms with Crippen LogP contribution in [0.4, 0.5) is 7.77 Å². The molecule has 0 aromatic rings. The van der Waals surface area contributed by atoms with E-state index in [0.29, 0.717) is 0 Å². The van der Waals surface area contributed by atoms with Gasteiger partial charge in [-0.15, -0.1) is 6.58 Å². The zero-order chi connectivity index (χ0) is 10.7. The molecule has 0 aliphatic rings. The first-order valence-corrected chi connectivity index (χ1v) is 5.45. The zero-order valence-electron chi connectivity index (χ0n) is 7.80. The molecule has 0 aliphatic carbocycles. The monoisotopic (exact) mass is 214 g/mol. The van der Waals surface area contributed by atoms with Gasteiger partial charge in [0.15, 0.2) is 0 Å². The summed E-state index contributed by atoms with van der Waals surface area (Å²) in [6.07, 6.45) is 8.61. The average Bonchev–Trinajstić information content (AvgIpc) is 1.95. The third-order valence-corrected chi connectivity index (χ3v) is 1.26. The molecule has 0 fully saturated rings. The average molecular weight is 214 g/mol. The van der Waals surface area contributed by atoms with Gasteiger partial charge >= 0.3 is 10.6 Å². The minimum atomic E-state index is -5.67. The van der Waals surface area contributed by atoms with E-state index in [-0.39, 0.29) is 0 Å². The van der Waals surface area contributed by atoms with Gasteiger partial charge < -0.3 is 0 Å². The number of unbranched alkanes of at least 4 members (excludes halogenated alkanes) is 4. The predicted octanol–water partition coefficient (Wildman–Crippen LogP) is 3.31. The molecule has 2 nitrogen and oxygen atoms in total. The number of rotatable bonds is 5. The molecular weight excluding hydrogens is 198 g/mol. The topological polar surface area (TPSA) is 34.1 Å². The van der Waals surface area contributed by atoms with Crippen LogP contribution in [0.2, 0.25) is 0 Å². The van der Waals surface area contributed by atoms with Gasteiger partial charge in [0.05, 0.1) is 0 Å². The molecule has 0 spiro atoms. The van der Waals surface area contributed by atoms with E-state index >= 15 is 0 Å². The van der Waals surface area contributed by atoms with Gasteiger partial charge in [0.1, 0.15) is 0 Å². The lowest BCUT2D eigenvalue weighted by molar-refractivity contribution is 0.501. The Bertz CT molecular complexity index is 192. The van der Waals surface area contributed by atoms with Crippen molar-refractivity contribution in [3.8, 4) is 0 Å². The van der Waals surface area contributed by atoms with Gasteiger partial charge in [0, 0.05) is 0 Å². The van der Waals surface area contributed by atoms with Crippen LogP contribution in [-0.4, -0.2) is 8.42 Å². The fraction of sp³-hybridized carbons (Fsp3) is 0.750. The van der Waals surface area contributed by atoms with Crippen molar-refractivity contribution in [3.05, 3.63) is 12.7 Å². The van der Waals surface area contributed by atoms with E-state index in [1.165, 1.54) is 32.1 Å². The summed E-state index contributed by atoms with van der Waals surface area (Å²) in [6.45, 7) is 5.89. The summed E-state index contributed by atoms with van der Waals surface area (Å²) in [4.78, 5) is 0. The normalized spacial score (nSPS) is 10.1. The molecule has 0 bridgehead atoms. The Morgan fingerprint density at radius 1 is 1.23 bits per heavy atom. The molecule has 0 unspecified atom stereocenters. The van der Waals surface area contributed by atoms with Crippen molar-refractivity contribution in [1.82, 2.24) is 0 Å². The van der Waals surface area contributed by atoms with E-state index in [4.69, 9.17) is 8.42 Å². The van der Waals surface area contributed by atoms with Gasteiger partial charge in [-0.25, -0.2) is 0 Å². The molecule has 0 saturated heterocycles. The molecule has 13 heavy (non-hydrogen) atoms. The second kappa shape index (κ2) is 9.64. The summed E-state index contributed by atoms with van der Waals surface area (Å²) in [5, 5.41) is 0. The molecule has 0 aromatic heterocycles. The molecule has 0 radical (unpaired) electrons. The van der Waals surface area contributed by atoms with Crippen LogP contribution < -0.4 is 0 Å². The van der Waals surface area contributed by atoms with Crippen molar-refractivity contribution < 1.29 is 16.2 Å². The lowest BCUT2D eigenvalue weighted by Gasteiger charge is -1.91. The van der Waals surface area contributed by atoms with Crippen molar-refractivity contribution in [3.63, 3.8) is 0 Å². The summed E-state index contributed by atoms with van der Waals surface area (Å²) in [5.41, 5.74) is 0. The molecule has 0 amide bonds. The highest BCUT2D eigenvalue weighted by Crippen LogP contribution is 2.01. The highest BCUT2D eigenvalue weighted by Gasteiger charge is 1.94. The van der Waals surface area contributed by atoms with Gasteiger partial charge in [-0.1, -0.05) is 40.0 Å². The maximum atomic E-state index is 9.99. The lowest BCUT2D eigenvalue weighted by Crippen LogP contribution is -1.71. The van der Waals surface area contributed by atoms with E-state index < -0.39 is 10.6 Å². The molecule has 0 N–H and O–H groups in total. The third kappa shape index (κ3) is 50.9. The summed E-state index contributed by atoms with van der Waals surface area (Å²) >= 11 is 0. The van der Waals surface area contributed by atoms with Crippen LogP contribution in [0.5, 0.6) is 0 Å².